The van der Waals surface area contributed by atoms with Crippen molar-refractivity contribution in [3.8, 4) is 5.75 Å². The summed E-state index contributed by atoms with van der Waals surface area (Å²) in [6.07, 6.45) is 8.61. The molecule has 1 unspecified atom stereocenters. The number of aryl methyl sites for hydroxylation is 1. The van der Waals surface area contributed by atoms with Gasteiger partial charge in [0.1, 0.15) is 5.75 Å². The van der Waals surface area contributed by atoms with Crippen LogP contribution in [0.3, 0.4) is 0 Å². The Morgan fingerprint density at radius 2 is 1.60 bits per heavy atom. The van der Waals surface area contributed by atoms with Gasteiger partial charge < -0.3 is 9.47 Å². The van der Waals surface area contributed by atoms with E-state index in [2.05, 4.69) is 65.8 Å². The second-order valence-corrected chi connectivity index (χ2v) is 9.55. The van der Waals surface area contributed by atoms with Crippen molar-refractivity contribution >= 4 is 0 Å². The highest BCUT2D eigenvalue weighted by molar-refractivity contribution is 5.27. The normalized spacial score (nSPS) is 19.0. The molecule has 0 aromatic heterocycles. The highest BCUT2D eigenvalue weighted by atomic mass is 16.7. The summed E-state index contributed by atoms with van der Waals surface area (Å²) in [5, 5.41) is 0. The SMILES string of the molecule is CC(C)OC(Oc1ccc(CCC(C)(C)C)cc1)C1(C)CCCCC1. The average Bonchev–Trinajstić information content (AvgIpc) is 2.53. The summed E-state index contributed by atoms with van der Waals surface area (Å²) in [6.45, 7) is 13.4. The summed E-state index contributed by atoms with van der Waals surface area (Å²) in [7, 11) is 0. The maximum absolute atomic E-state index is 6.35. The van der Waals surface area contributed by atoms with Crippen LogP contribution in [0.5, 0.6) is 5.75 Å². The molecule has 2 rings (SSSR count). The van der Waals surface area contributed by atoms with Crippen LogP contribution in [0.1, 0.15) is 85.6 Å². The summed E-state index contributed by atoms with van der Waals surface area (Å²) in [4.78, 5) is 0. The van der Waals surface area contributed by atoms with Crippen LogP contribution in [-0.4, -0.2) is 12.4 Å². The predicted octanol–water partition coefficient (Wildman–Crippen LogP) is 6.77. The minimum Gasteiger partial charge on any atom is -0.464 e. The molecule has 0 aliphatic heterocycles. The molecule has 25 heavy (non-hydrogen) atoms. The van der Waals surface area contributed by atoms with Gasteiger partial charge in [0.15, 0.2) is 0 Å². The highest BCUT2D eigenvalue weighted by Crippen LogP contribution is 2.41. The topological polar surface area (TPSA) is 18.5 Å². The maximum atomic E-state index is 6.35. The van der Waals surface area contributed by atoms with Gasteiger partial charge in [0.2, 0.25) is 6.29 Å². The van der Waals surface area contributed by atoms with Crippen molar-refractivity contribution in [1.82, 2.24) is 0 Å². The molecular weight excluding hydrogens is 308 g/mol. The Morgan fingerprint density at radius 1 is 1.00 bits per heavy atom. The lowest BCUT2D eigenvalue weighted by Gasteiger charge is -2.40. The van der Waals surface area contributed by atoms with E-state index in [9.17, 15) is 0 Å². The summed E-state index contributed by atoms with van der Waals surface area (Å²) in [5.41, 5.74) is 1.88. The van der Waals surface area contributed by atoms with Gasteiger partial charge in [-0.05, 0) is 62.6 Å². The first-order chi connectivity index (χ1) is 11.7. The van der Waals surface area contributed by atoms with Crippen LogP contribution in [0.25, 0.3) is 0 Å². The minimum atomic E-state index is -0.159. The summed E-state index contributed by atoms with van der Waals surface area (Å²) in [6, 6.07) is 8.63. The molecule has 1 saturated carbocycles. The third-order valence-electron chi connectivity index (χ3n) is 5.29. The number of benzene rings is 1. The molecule has 2 nitrogen and oxygen atoms in total. The molecule has 0 heterocycles. The zero-order valence-electron chi connectivity index (χ0n) is 17.2. The van der Waals surface area contributed by atoms with Crippen molar-refractivity contribution in [3.05, 3.63) is 29.8 Å². The van der Waals surface area contributed by atoms with Crippen molar-refractivity contribution in [2.75, 3.05) is 0 Å². The largest absolute Gasteiger partial charge is 0.464 e. The molecular formula is C23H38O2. The lowest BCUT2D eigenvalue weighted by molar-refractivity contribution is -0.182. The van der Waals surface area contributed by atoms with E-state index < -0.39 is 0 Å². The zero-order valence-corrected chi connectivity index (χ0v) is 17.2. The van der Waals surface area contributed by atoms with E-state index >= 15 is 0 Å². The van der Waals surface area contributed by atoms with Crippen LogP contribution in [0.2, 0.25) is 0 Å². The van der Waals surface area contributed by atoms with Gasteiger partial charge >= 0.3 is 0 Å². The minimum absolute atomic E-state index is 0.118. The van der Waals surface area contributed by atoms with Gasteiger partial charge in [-0.2, -0.15) is 0 Å². The monoisotopic (exact) mass is 346 g/mol. The molecule has 0 saturated heterocycles. The van der Waals surface area contributed by atoms with Crippen molar-refractivity contribution in [3.63, 3.8) is 0 Å². The molecule has 1 aliphatic carbocycles. The Bertz CT molecular complexity index is 504. The number of rotatable bonds is 7. The fraction of sp³-hybridized carbons (Fsp3) is 0.739. The van der Waals surface area contributed by atoms with Gasteiger partial charge in [0.25, 0.3) is 0 Å². The molecule has 1 fully saturated rings. The van der Waals surface area contributed by atoms with E-state index in [4.69, 9.17) is 9.47 Å². The van der Waals surface area contributed by atoms with Crippen molar-refractivity contribution in [2.24, 2.45) is 10.8 Å². The first-order valence-corrected chi connectivity index (χ1v) is 10.1. The lowest BCUT2D eigenvalue weighted by Crippen LogP contribution is -2.42. The van der Waals surface area contributed by atoms with Crippen LogP contribution in [0, 0.1) is 10.8 Å². The van der Waals surface area contributed by atoms with E-state index in [1.807, 2.05) is 0 Å². The summed E-state index contributed by atoms with van der Waals surface area (Å²) < 4.78 is 12.5. The van der Waals surface area contributed by atoms with Crippen molar-refractivity contribution in [1.29, 1.82) is 0 Å². The third kappa shape index (κ3) is 6.66. The van der Waals surface area contributed by atoms with Gasteiger partial charge in [-0.1, -0.05) is 59.1 Å². The molecule has 0 N–H and O–H groups in total. The van der Waals surface area contributed by atoms with Gasteiger partial charge in [0.05, 0.1) is 6.10 Å². The van der Waals surface area contributed by atoms with Crippen LogP contribution in [0.4, 0.5) is 0 Å². The standard InChI is InChI=1S/C23H38O2/c1-18(2)24-21(23(6)15-8-7-9-16-23)25-20-12-10-19(11-13-20)14-17-22(3,4)5/h10-13,18,21H,7-9,14-17H2,1-6H3. The van der Waals surface area contributed by atoms with E-state index in [0.29, 0.717) is 5.41 Å². The molecule has 1 aliphatic rings. The molecule has 0 radical (unpaired) electrons. The number of hydrogen-bond acceptors (Lipinski definition) is 2. The fourth-order valence-corrected chi connectivity index (χ4v) is 3.55. The molecule has 0 amide bonds. The van der Waals surface area contributed by atoms with Crippen LogP contribution in [-0.2, 0) is 11.2 Å². The summed E-state index contributed by atoms with van der Waals surface area (Å²) in [5.74, 6) is 0.928. The molecule has 0 spiro atoms. The molecule has 1 atom stereocenters. The quantitative estimate of drug-likeness (QED) is 0.507. The van der Waals surface area contributed by atoms with E-state index in [1.54, 1.807) is 0 Å². The molecule has 142 valence electrons. The highest BCUT2D eigenvalue weighted by Gasteiger charge is 2.38. The third-order valence-corrected chi connectivity index (χ3v) is 5.29. The Balaban J connectivity index is 2.02. The first-order valence-electron chi connectivity index (χ1n) is 10.1. The van der Waals surface area contributed by atoms with Crippen molar-refractivity contribution in [2.45, 2.75) is 98.9 Å². The first kappa shape index (κ1) is 20.3. The van der Waals surface area contributed by atoms with Crippen LogP contribution >= 0.6 is 0 Å². The fourth-order valence-electron chi connectivity index (χ4n) is 3.55. The molecule has 1 aromatic carbocycles. The lowest BCUT2D eigenvalue weighted by atomic mass is 9.75. The summed E-state index contributed by atoms with van der Waals surface area (Å²) >= 11 is 0. The van der Waals surface area contributed by atoms with E-state index in [0.717, 1.165) is 12.2 Å². The van der Waals surface area contributed by atoms with Gasteiger partial charge in [-0.3, -0.25) is 0 Å². The number of ether oxygens (including phenoxy) is 2. The maximum Gasteiger partial charge on any atom is 0.205 e. The van der Waals surface area contributed by atoms with E-state index in [1.165, 1.54) is 44.1 Å². The van der Waals surface area contributed by atoms with Crippen LogP contribution in [0.15, 0.2) is 24.3 Å². The Labute approximate surface area is 155 Å². The average molecular weight is 347 g/mol. The van der Waals surface area contributed by atoms with Crippen molar-refractivity contribution < 1.29 is 9.47 Å². The number of hydrogen-bond donors (Lipinski definition) is 0. The Hall–Kier alpha value is -1.02. The Morgan fingerprint density at radius 3 is 2.12 bits per heavy atom. The second kappa shape index (κ2) is 8.58. The van der Waals surface area contributed by atoms with Gasteiger partial charge in [-0.15, -0.1) is 0 Å². The second-order valence-electron chi connectivity index (χ2n) is 9.55. The molecule has 1 aromatic rings. The molecule has 2 heteroatoms. The van der Waals surface area contributed by atoms with Crippen LogP contribution < -0.4 is 4.74 Å². The smallest absolute Gasteiger partial charge is 0.205 e. The molecule has 0 bridgehead atoms. The zero-order chi connectivity index (χ0) is 18.5. The predicted molar refractivity (Wildman–Crippen MR) is 106 cm³/mol. The van der Waals surface area contributed by atoms with E-state index in [-0.39, 0.29) is 17.8 Å². The Kier molecular flexibility index (Phi) is 6.96. The van der Waals surface area contributed by atoms with Gasteiger partial charge in [0, 0.05) is 5.41 Å². The van der Waals surface area contributed by atoms with Gasteiger partial charge in [-0.25, -0.2) is 0 Å².